The highest BCUT2D eigenvalue weighted by molar-refractivity contribution is 6.28. The van der Waals surface area contributed by atoms with Crippen molar-refractivity contribution in [1.29, 1.82) is 0 Å². The van der Waals surface area contributed by atoms with Crippen molar-refractivity contribution in [3.63, 3.8) is 0 Å². The van der Waals surface area contributed by atoms with Gasteiger partial charge in [-0.1, -0.05) is 36.8 Å². The summed E-state index contributed by atoms with van der Waals surface area (Å²) in [4.78, 5) is 24.7. The summed E-state index contributed by atoms with van der Waals surface area (Å²) in [5.41, 5.74) is 8.56. The van der Waals surface area contributed by atoms with Crippen molar-refractivity contribution < 1.29 is 9.53 Å². The van der Waals surface area contributed by atoms with E-state index in [9.17, 15) is 4.79 Å². The minimum absolute atomic E-state index is 0.0528. The Morgan fingerprint density at radius 3 is 2.57 bits per heavy atom. The maximum atomic E-state index is 11.9. The van der Waals surface area contributed by atoms with E-state index in [4.69, 9.17) is 22.1 Å². The number of carbonyl (C=O) groups is 1. The highest BCUT2D eigenvalue weighted by atomic mass is 35.5. The summed E-state index contributed by atoms with van der Waals surface area (Å²) >= 11 is 6.27. The van der Waals surface area contributed by atoms with Crippen molar-refractivity contribution in [2.75, 3.05) is 52.3 Å². The molecule has 2 saturated heterocycles. The molecule has 0 aliphatic carbocycles. The molecule has 1 aromatic carbocycles. The SMILES string of the molecule is C=N/C(C(=O)OC)=C(N)\N=C(/CCl)N1CCNC2(CCN(CCc3ccc(C)cc3)CC2)NC(CC)C1. The summed E-state index contributed by atoms with van der Waals surface area (Å²) in [6, 6.07) is 9.10. The van der Waals surface area contributed by atoms with Crippen LogP contribution in [0.25, 0.3) is 0 Å². The van der Waals surface area contributed by atoms with Crippen LogP contribution < -0.4 is 16.4 Å². The van der Waals surface area contributed by atoms with Crippen LogP contribution in [0.2, 0.25) is 0 Å². The molecule has 2 fully saturated rings. The molecule has 9 nitrogen and oxygen atoms in total. The number of nitrogens with one attached hydrogen (secondary N) is 2. The second-order valence-electron chi connectivity index (χ2n) is 9.83. The first kappa shape index (κ1) is 29.1. The Kier molecular flexibility index (Phi) is 10.9. The number of benzene rings is 1. The largest absolute Gasteiger partial charge is 0.464 e. The van der Waals surface area contributed by atoms with Crippen molar-refractivity contribution in [2.45, 2.75) is 51.2 Å². The molecule has 3 rings (SSSR count). The third-order valence-corrected chi connectivity index (χ3v) is 7.56. The van der Waals surface area contributed by atoms with Gasteiger partial charge in [-0.2, -0.15) is 0 Å². The van der Waals surface area contributed by atoms with Gasteiger partial charge >= 0.3 is 5.97 Å². The molecule has 10 heteroatoms. The molecule has 0 amide bonds. The molecule has 2 aliphatic heterocycles. The minimum atomic E-state index is -0.681. The molecule has 37 heavy (non-hydrogen) atoms. The number of aryl methyl sites for hydroxylation is 1. The number of esters is 1. The van der Waals surface area contributed by atoms with E-state index in [-0.39, 0.29) is 29.1 Å². The molecule has 0 radical (unpaired) electrons. The number of halogens is 1. The highest BCUT2D eigenvalue weighted by Crippen LogP contribution is 2.23. The number of hydrogen-bond acceptors (Lipinski definition) is 8. The highest BCUT2D eigenvalue weighted by Gasteiger charge is 2.37. The van der Waals surface area contributed by atoms with Gasteiger partial charge in [-0.15, -0.1) is 11.6 Å². The van der Waals surface area contributed by atoms with Gasteiger partial charge in [-0.3, -0.25) is 15.6 Å². The number of likely N-dealkylation sites (tertiary alicyclic amines) is 1. The Morgan fingerprint density at radius 2 is 1.97 bits per heavy atom. The van der Waals surface area contributed by atoms with Crippen LogP contribution in [-0.4, -0.2) is 92.3 Å². The van der Waals surface area contributed by atoms with Crippen LogP contribution in [0.15, 0.2) is 45.8 Å². The summed E-state index contributed by atoms with van der Waals surface area (Å²) in [5, 5.41) is 7.72. The van der Waals surface area contributed by atoms with Gasteiger partial charge in [0.2, 0.25) is 0 Å². The molecular formula is C27H42ClN7O2. The van der Waals surface area contributed by atoms with Crippen LogP contribution in [0.1, 0.15) is 37.3 Å². The lowest BCUT2D eigenvalue weighted by Gasteiger charge is -2.48. The summed E-state index contributed by atoms with van der Waals surface area (Å²) in [5.74, 6) is 0.0139. The monoisotopic (exact) mass is 531 g/mol. The molecule has 1 atom stereocenters. The van der Waals surface area contributed by atoms with Crippen molar-refractivity contribution in [1.82, 2.24) is 20.4 Å². The van der Waals surface area contributed by atoms with E-state index < -0.39 is 5.97 Å². The van der Waals surface area contributed by atoms with E-state index in [0.29, 0.717) is 5.84 Å². The second-order valence-corrected chi connectivity index (χ2v) is 10.1. The number of hydrogen-bond donors (Lipinski definition) is 3. The predicted molar refractivity (Wildman–Crippen MR) is 151 cm³/mol. The molecule has 2 heterocycles. The molecule has 1 spiro atoms. The zero-order chi connectivity index (χ0) is 26.8. The van der Waals surface area contributed by atoms with Gasteiger partial charge in [0.15, 0.2) is 11.5 Å². The quantitative estimate of drug-likeness (QED) is 0.155. The van der Waals surface area contributed by atoms with Crippen LogP contribution in [-0.2, 0) is 16.0 Å². The smallest absolute Gasteiger partial charge is 0.360 e. The van der Waals surface area contributed by atoms with Crippen LogP contribution in [0, 0.1) is 6.92 Å². The van der Waals surface area contributed by atoms with E-state index in [1.165, 1.54) is 18.2 Å². The number of nitrogens with zero attached hydrogens (tertiary/aromatic N) is 4. The van der Waals surface area contributed by atoms with Crippen molar-refractivity contribution in [3.8, 4) is 0 Å². The van der Waals surface area contributed by atoms with Crippen LogP contribution in [0.3, 0.4) is 0 Å². The first-order valence-electron chi connectivity index (χ1n) is 13.1. The van der Waals surface area contributed by atoms with Crippen LogP contribution >= 0.6 is 11.6 Å². The number of piperidine rings is 1. The Hall–Kier alpha value is -2.46. The molecular weight excluding hydrogens is 490 g/mol. The normalized spacial score (nSPS) is 21.7. The third-order valence-electron chi connectivity index (χ3n) is 7.32. The Morgan fingerprint density at radius 1 is 1.27 bits per heavy atom. The van der Waals surface area contributed by atoms with Gasteiger partial charge in [0.05, 0.1) is 18.7 Å². The van der Waals surface area contributed by atoms with Gasteiger partial charge in [-0.25, -0.2) is 9.79 Å². The lowest BCUT2D eigenvalue weighted by Crippen LogP contribution is -2.68. The topological polar surface area (TPSA) is 108 Å². The van der Waals surface area contributed by atoms with Crippen molar-refractivity contribution in [3.05, 3.63) is 46.9 Å². The fourth-order valence-corrected chi connectivity index (χ4v) is 5.21. The number of ether oxygens (including phenoxy) is 1. The summed E-state index contributed by atoms with van der Waals surface area (Å²) in [6.07, 6.45) is 4.14. The zero-order valence-electron chi connectivity index (χ0n) is 22.4. The molecule has 2 aliphatic rings. The number of methoxy groups -OCH3 is 1. The number of rotatable bonds is 8. The van der Waals surface area contributed by atoms with Gasteiger partial charge in [-0.05, 0) is 44.9 Å². The van der Waals surface area contributed by atoms with Gasteiger partial charge in [0.1, 0.15) is 5.84 Å². The average molecular weight is 532 g/mol. The molecule has 0 bridgehead atoms. The van der Waals surface area contributed by atoms with Crippen LogP contribution in [0.4, 0.5) is 0 Å². The number of amidine groups is 1. The Bertz CT molecular complexity index is 971. The summed E-state index contributed by atoms with van der Waals surface area (Å²) in [6.45, 7) is 13.2. The standard InChI is InChI=1S/C27H42ClN7O2/c1-5-22-19-35(23(18-28)32-25(29)24(30-3)26(36)37-4)17-13-31-27(33-22)11-15-34(16-12-27)14-10-21-8-6-20(2)7-9-21/h6-9,22,31,33H,3,5,10-19,29H2,1-2,4H3/b25-24-,32-23+. The van der Waals surface area contributed by atoms with Crippen LogP contribution in [0.5, 0.6) is 0 Å². The lowest BCUT2D eigenvalue weighted by atomic mass is 9.93. The van der Waals surface area contributed by atoms with Gasteiger partial charge in [0, 0.05) is 45.3 Å². The lowest BCUT2D eigenvalue weighted by molar-refractivity contribution is -0.136. The number of nitrogens with two attached hydrogens (primary N) is 1. The van der Waals surface area contributed by atoms with Gasteiger partial charge in [0.25, 0.3) is 0 Å². The molecule has 0 aromatic heterocycles. The van der Waals surface area contributed by atoms with E-state index >= 15 is 0 Å². The zero-order valence-corrected chi connectivity index (χ0v) is 23.2. The Labute approximate surface area is 226 Å². The Balaban J connectivity index is 1.62. The van der Waals surface area contributed by atoms with Crippen molar-refractivity contribution in [2.24, 2.45) is 15.7 Å². The molecule has 204 valence electrons. The average Bonchev–Trinajstić information content (AvgIpc) is 2.90. The maximum Gasteiger partial charge on any atom is 0.360 e. The van der Waals surface area contributed by atoms with E-state index in [2.05, 4.69) is 75.2 Å². The third kappa shape index (κ3) is 8.01. The predicted octanol–water partition coefficient (Wildman–Crippen LogP) is 2.24. The minimum Gasteiger partial charge on any atom is -0.464 e. The first-order chi connectivity index (χ1) is 17.8. The van der Waals surface area contributed by atoms with Crippen molar-refractivity contribution >= 4 is 30.1 Å². The fourth-order valence-electron chi connectivity index (χ4n) is 4.99. The van der Waals surface area contributed by atoms with E-state index in [1.54, 1.807) is 0 Å². The molecule has 1 aromatic rings. The number of alkyl halides is 1. The number of aliphatic imine (C=N–C) groups is 2. The summed E-state index contributed by atoms with van der Waals surface area (Å²) < 4.78 is 4.72. The first-order valence-corrected chi connectivity index (χ1v) is 13.6. The second kappa shape index (κ2) is 13.9. The fraction of sp³-hybridized carbons (Fsp3) is 0.593. The van der Waals surface area contributed by atoms with Gasteiger partial charge < -0.3 is 20.3 Å². The molecule has 0 saturated carbocycles. The summed E-state index contributed by atoms with van der Waals surface area (Å²) in [7, 11) is 1.26. The maximum absolute atomic E-state index is 11.9. The molecule has 1 unspecified atom stereocenters. The van der Waals surface area contributed by atoms with E-state index in [1.807, 2.05) is 0 Å². The molecule has 4 N–H and O–H groups in total. The number of carbonyl (C=O) groups excluding carboxylic acids is 1. The van der Waals surface area contributed by atoms with E-state index in [0.717, 1.165) is 65.0 Å².